The van der Waals surface area contributed by atoms with E-state index in [-0.39, 0.29) is 41.3 Å². The maximum Gasteiger partial charge on any atom is 0.412 e. The number of fused-ring (bicyclic) bond motifs is 6. The van der Waals surface area contributed by atoms with Crippen molar-refractivity contribution in [3.63, 3.8) is 0 Å². The quantitative estimate of drug-likeness (QED) is 0.0868. The average molecular weight is 869 g/mol. The van der Waals surface area contributed by atoms with Crippen molar-refractivity contribution in [2.24, 2.45) is 0 Å². The monoisotopic (exact) mass is 868 g/mol. The van der Waals surface area contributed by atoms with Crippen molar-refractivity contribution in [2.45, 2.75) is 160 Å². The predicted molar refractivity (Wildman–Crippen MR) is 246 cm³/mol. The highest BCUT2D eigenvalue weighted by Crippen LogP contribution is 2.48. The molecular formula is C47H61FN6O5SSi. The lowest BCUT2D eigenvalue weighted by atomic mass is 9.95. The van der Waals surface area contributed by atoms with Gasteiger partial charge < -0.3 is 19.1 Å². The fraction of sp³-hybridized carbons (Fsp3) is 0.553. The molecule has 0 aliphatic carbocycles. The van der Waals surface area contributed by atoms with E-state index in [4.69, 9.17) is 29.2 Å². The number of anilines is 2. The van der Waals surface area contributed by atoms with E-state index >= 15 is 4.39 Å². The number of halogens is 1. The van der Waals surface area contributed by atoms with Crippen molar-refractivity contribution in [2.75, 3.05) is 23.0 Å². The van der Waals surface area contributed by atoms with E-state index in [1.54, 1.807) is 26.8 Å². The third-order valence-electron chi connectivity index (χ3n) is 12.4. The number of pyridine rings is 1. The number of benzene rings is 2. The molecule has 3 aliphatic rings. The second-order valence-electron chi connectivity index (χ2n) is 19.7. The molecule has 326 valence electrons. The van der Waals surface area contributed by atoms with Gasteiger partial charge in [0.2, 0.25) is 5.88 Å². The first-order chi connectivity index (χ1) is 28.5. The SMILES string of the molecule is CSc1nc2c3c(nc(-c4cc(NC(=O)OC(C)(C)C)cc5cccc(C#C[Si](C(C)C)(C(C)C)C(C)C)c45)c(F)c3n1)O[C@@H](C)[C@@H]1[C@@H]3CC[C@H](CN21)N3C(=O)OC(C)(C)C. The number of carbonyl (C=O) groups is 2. The first-order valence-electron chi connectivity index (χ1n) is 21.5. The highest BCUT2D eigenvalue weighted by molar-refractivity contribution is 7.98. The van der Waals surface area contributed by atoms with Crippen LogP contribution in [-0.2, 0) is 9.47 Å². The van der Waals surface area contributed by atoms with Crippen LogP contribution in [0.4, 0.5) is 25.5 Å². The van der Waals surface area contributed by atoms with Gasteiger partial charge >= 0.3 is 12.2 Å². The van der Waals surface area contributed by atoms with Gasteiger partial charge in [0.1, 0.15) is 47.8 Å². The third-order valence-corrected chi connectivity index (χ3v) is 19.3. The Morgan fingerprint density at radius 1 is 0.951 bits per heavy atom. The van der Waals surface area contributed by atoms with Crippen molar-refractivity contribution < 1.29 is 28.2 Å². The van der Waals surface area contributed by atoms with Gasteiger partial charge in [-0.2, -0.15) is 0 Å². The molecule has 3 aliphatic heterocycles. The number of nitrogens with one attached hydrogen (secondary N) is 1. The molecule has 0 saturated carbocycles. The molecule has 14 heteroatoms. The van der Waals surface area contributed by atoms with Crippen LogP contribution in [0.2, 0.25) is 16.6 Å². The molecule has 2 bridgehead atoms. The molecule has 2 saturated heterocycles. The second kappa shape index (κ2) is 16.3. The van der Waals surface area contributed by atoms with Crippen LogP contribution in [0.3, 0.4) is 0 Å². The van der Waals surface area contributed by atoms with E-state index in [1.165, 1.54) is 11.8 Å². The summed E-state index contributed by atoms with van der Waals surface area (Å²) in [5.41, 5.74) is 5.33. The van der Waals surface area contributed by atoms with Gasteiger partial charge in [-0.05, 0) is 108 Å². The molecule has 61 heavy (non-hydrogen) atoms. The molecule has 2 aromatic carbocycles. The molecular weight excluding hydrogens is 808 g/mol. The fourth-order valence-electron chi connectivity index (χ4n) is 10.1. The molecule has 1 N–H and O–H groups in total. The summed E-state index contributed by atoms with van der Waals surface area (Å²) in [4.78, 5) is 45.8. The fourth-order valence-corrected chi connectivity index (χ4v) is 15.7. The van der Waals surface area contributed by atoms with Gasteiger partial charge in [-0.1, -0.05) is 71.4 Å². The Balaban J connectivity index is 1.46. The van der Waals surface area contributed by atoms with E-state index in [2.05, 4.69) is 63.2 Å². The van der Waals surface area contributed by atoms with Gasteiger partial charge in [-0.15, -0.1) is 5.54 Å². The molecule has 11 nitrogen and oxygen atoms in total. The lowest BCUT2D eigenvalue weighted by molar-refractivity contribution is 0.000926. The van der Waals surface area contributed by atoms with Crippen molar-refractivity contribution in [3.8, 4) is 28.6 Å². The Morgan fingerprint density at radius 2 is 1.62 bits per heavy atom. The normalized spacial score (nSPS) is 20.1. The van der Waals surface area contributed by atoms with Crippen LogP contribution in [0.5, 0.6) is 5.88 Å². The van der Waals surface area contributed by atoms with Crippen molar-refractivity contribution in [1.82, 2.24) is 19.9 Å². The molecule has 0 radical (unpaired) electrons. The maximum absolute atomic E-state index is 17.9. The summed E-state index contributed by atoms with van der Waals surface area (Å²) < 4.78 is 36.2. The number of hydrogen-bond acceptors (Lipinski definition) is 10. The number of ether oxygens (including phenoxy) is 3. The minimum Gasteiger partial charge on any atom is -0.472 e. The van der Waals surface area contributed by atoms with Crippen molar-refractivity contribution >= 4 is 65.2 Å². The first kappa shape index (κ1) is 44.4. The summed E-state index contributed by atoms with van der Waals surface area (Å²) in [6.45, 7) is 27.1. The molecule has 5 heterocycles. The van der Waals surface area contributed by atoms with Crippen LogP contribution in [0, 0.1) is 17.3 Å². The molecule has 4 atom stereocenters. The van der Waals surface area contributed by atoms with Gasteiger partial charge in [0.25, 0.3) is 0 Å². The highest BCUT2D eigenvalue weighted by Gasteiger charge is 2.54. The van der Waals surface area contributed by atoms with Gasteiger partial charge in [0.05, 0.1) is 18.1 Å². The van der Waals surface area contributed by atoms with Crippen molar-refractivity contribution in [3.05, 3.63) is 41.7 Å². The number of rotatable bonds is 6. The summed E-state index contributed by atoms with van der Waals surface area (Å²) in [6, 6.07) is 8.76. The van der Waals surface area contributed by atoms with E-state index in [0.717, 1.165) is 23.8 Å². The predicted octanol–water partition coefficient (Wildman–Crippen LogP) is 11.4. The summed E-state index contributed by atoms with van der Waals surface area (Å²) in [5, 5.41) is 5.11. The van der Waals surface area contributed by atoms with E-state index in [0.29, 0.717) is 56.2 Å². The van der Waals surface area contributed by atoms with Gasteiger partial charge in [0, 0.05) is 28.7 Å². The number of piperazine rings is 1. The summed E-state index contributed by atoms with van der Waals surface area (Å²) in [7, 11) is -2.18. The zero-order chi connectivity index (χ0) is 44.5. The summed E-state index contributed by atoms with van der Waals surface area (Å²) in [6.07, 6.45) is 1.94. The van der Waals surface area contributed by atoms with E-state index < -0.39 is 37.3 Å². The minimum absolute atomic E-state index is 0.00959. The number of thioether (sulfide) groups is 1. The largest absolute Gasteiger partial charge is 0.472 e. The number of amides is 2. The standard InChI is InChI=1S/C47H61FN6O5SSi/c1-25(2)61(26(3)4,27(5)6)21-20-29-16-15-17-30-22-31(49-44(55)58-46(8,9)10)23-33(35(29)30)38-37(48)39-36-41(52-43(51-39)60-14)53-24-32-18-19-34(40(53)28(7)57-42(36)50-38)54(32)45(56)59-47(11,12)13/h15-17,22-23,25-28,32,34,40H,18-19,24H2,1-14H3,(H,49,55)/t28-,32+,34-,40+/m0/s1. The molecule has 0 unspecified atom stereocenters. The zero-order valence-electron chi connectivity index (χ0n) is 38.1. The first-order valence-corrected chi connectivity index (χ1v) is 25.0. The molecule has 7 rings (SSSR count). The van der Waals surface area contributed by atoms with Crippen LogP contribution in [0.1, 0.15) is 108 Å². The minimum atomic E-state index is -2.18. The van der Waals surface area contributed by atoms with Crippen LogP contribution in [0.15, 0.2) is 35.5 Å². The Kier molecular flexibility index (Phi) is 11.8. The molecule has 0 spiro atoms. The molecule has 4 aromatic rings. The second-order valence-corrected chi connectivity index (χ2v) is 26.0. The summed E-state index contributed by atoms with van der Waals surface area (Å²) >= 11 is 1.33. The van der Waals surface area contributed by atoms with Crippen LogP contribution in [-0.4, -0.2) is 88.3 Å². The topological polar surface area (TPSA) is 119 Å². The Morgan fingerprint density at radius 3 is 2.25 bits per heavy atom. The van der Waals surface area contributed by atoms with Gasteiger partial charge in [-0.3, -0.25) is 10.2 Å². The number of nitrogens with zero attached hydrogens (tertiary/aromatic N) is 5. The zero-order valence-corrected chi connectivity index (χ0v) is 39.9. The average Bonchev–Trinajstić information content (AvgIpc) is 3.40. The van der Waals surface area contributed by atoms with E-state index in [9.17, 15) is 9.59 Å². The van der Waals surface area contributed by atoms with Gasteiger partial charge in [-0.25, -0.2) is 28.9 Å². The summed E-state index contributed by atoms with van der Waals surface area (Å²) in [5.74, 6) is 3.72. The highest BCUT2D eigenvalue weighted by atomic mass is 32.2. The van der Waals surface area contributed by atoms with E-state index in [1.807, 2.05) is 63.1 Å². The Labute approximate surface area is 365 Å². The number of hydrogen-bond donors (Lipinski definition) is 1. The Bertz CT molecular complexity index is 2430. The lowest BCUT2D eigenvalue weighted by Gasteiger charge is -2.48. The third kappa shape index (κ3) is 8.24. The number of aromatic nitrogens is 3. The van der Waals surface area contributed by atoms with Crippen LogP contribution >= 0.6 is 11.8 Å². The lowest BCUT2D eigenvalue weighted by Crippen LogP contribution is -2.65. The van der Waals surface area contributed by atoms with Crippen LogP contribution in [0.25, 0.3) is 32.9 Å². The Hall–Kier alpha value is -4.61. The van der Waals surface area contributed by atoms with Crippen LogP contribution < -0.4 is 15.0 Å². The van der Waals surface area contributed by atoms with Crippen molar-refractivity contribution in [1.29, 1.82) is 0 Å². The smallest absolute Gasteiger partial charge is 0.412 e. The molecule has 2 amide bonds. The molecule has 2 aromatic heterocycles. The maximum atomic E-state index is 17.9. The van der Waals surface area contributed by atoms with Gasteiger partial charge in [0.15, 0.2) is 11.0 Å². The molecule has 2 fully saturated rings. The number of carbonyl (C=O) groups excluding carboxylic acids is 2.